The summed E-state index contributed by atoms with van der Waals surface area (Å²) in [7, 11) is 0. The summed E-state index contributed by atoms with van der Waals surface area (Å²) in [6, 6.07) is 6.12. The van der Waals surface area contributed by atoms with Crippen LogP contribution in [0, 0.1) is 0 Å². The standard InChI is InChI=1S/C20H18N2O6/c1-9(23)7-21-17(25)13-3-11-5-15-16(6-12(11)4-14(13)18(21)26)20(28)22(19(15)27)8-10(2)24/h3-6,9-10,23-24H,7-8H2,1-2H3/t9-,10-/m1/s1. The fourth-order valence-electron chi connectivity index (χ4n) is 3.68. The van der Waals surface area contributed by atoms with Gasteiger partial charge in [-0.1, -0.05) is 0 Å². The van der Waals surface area contributed by atoms with Crippen molar-refractivity contribution in [2.45, 2.75) is 39.1 Å². The highest BCUT2D eigenvalue weighted by Crippen LogP contribution is 2.23. The van der Waals surface area contributed by atoms with E-state index in [0.717, 1.165) is 9.13 Å². The predicted molar refractivity (Wildman–Crippen MR) is 106 cm³/mol. The number of nitrogens with zero attached hydrogens (tertiary/aromatic N) is 2. The van der Waals surface area contributed by atoms with Gasteiger partial charge in [0.1, 0.15) is 0 Å². The van der Waals surface area contributed by atoms with Crippen molar-refractivity contribution in [3.63, 3.8) is 0 Å². The fourth-order valence-corrected chi connectivity index (χ4v) is 3.68. The highest BCUT2D eigenvalue weighted by Gasteiger charge is 2.18. The summed E-state index contributed by atoms with van der Waals surface area (Å²) < 4.78 is 1.98. The van der Waals surface area contributed by atoms with E-state index in [4.69, 9.17) is 0 Å². The van der Waals surface area contributed by atoms with E-state index in [1.54, 1.807) is 0 Å². The minimum Gasteiger partial charge on any atom is -0.392 e. The Morgan fingerprint density at radius 3 is 1.11 bits per heavy atom. The molecule has 0 unspecified atom stereocenters. The van der Waals surface area contributed by atoms with Crippen LogP contribution in [0.2, 0.25) is 0 Å². The summed E-state index contributed by atoms with van der Waals surface area (Å²) in [5, 5.41) is 21.0. The Labute approximate surface area is 157 Å². The highest BCUT2D eigenvalue weighted by atomic mass is 16.3. The molecule has 4 aromatic rings. The number of aliphatic hydroxyl groups is 2. The van der Waals surface area contributed by atoms with Crippen molar-refractivity contribution in [3.8, 4) is 0 Å². The van der Waals surface area contributed by atoms with Crippen LogP contribution >= 0.6 is 0 Å². The molecule has 0 spiro atoms. The summed E-state index contributed by atoms with van der Waals surface area (Å²) in [4.78, 5) is 50.2. The monoisotopic (exact) mass is 382 g/mol. The zero-order chi connectivity index (χ0) is 20.3. The van der Waals surface area contributed by atoms with Crippen molar-refractivity contribution in [1.82, 2.24) is 9.13 Å². The second-order valence-corrected chi connectivity index (χ2v) is 7.28. The molecule has 28 heavy (non-hydrogen) atoms. The molecule has 0 fully saturated rings. The SMILES string of the molecule is C[C@@H](O)Cn1c(=O)c2cc3cc4c(=O)n(C[C@@H](C)O)c(=O)c4cc3cc2c1=O. The first-order chi connectivity index (χ1) is 13.2. The average Bonchev–Trinajstić information content (AvgIpc) is 2.98. The molecule has 0 aliphatic heterocycles. The number of hydrogen-bond acceptors (Lipinski definition) is 6. The minimum absolute atomic E-state index is 0.107. The van der Waals surface area contributed by atoms with Crippen molar-refractivity contribution >= 4 is 32.3 Å². The maximum atomic E-state index is 12.5. The molecule has 2 N–H and O–H groups in total. The largest absolute Gasteiger partial charge is 0.392 e. The molecule has 0 aliphatic rings. The minimum atomic E-state index is -0.851. The molecular weight excluding hydrogens is 364 g/mol. The Hall–Kier alpha value is -3.10. The third-order valence-corrected chi connectivity index (χ3v) is 4.91. The number of hydrogen-bond donors (Lipinski definition) is 2. The number of aromatic nitrogens is 2. The Morgan fingerprint density at radius 2 is 0.893 bits per heavy atom. The number of fused-ring (bicyclic) bond motifs is 3. The Balaban J connectivity index is 2.06. The lowest BCUT2D eigenvalue weighted by Gasteiger charge is -2.01. The van der Waals surface area contributed by atoms with Gasteiger partial charge in [0.2, 0.25) is 0 Å². The topological polar surface area (TPSA) is 119 Å². The van der Waals surface area contributed by atoms with Gasteiger partial charge in [-0.3, -0.25) is 28.3 Å². The van der Waals surface area contributed by atoms with Crippen LogP contribution < -0.4 is 22.2 Å². The zero-order valence-electron chi connectivity index (χ0n) is 15.3. The molecule has 144 valence electrons. The Morgan fingerprint density at radius 1 is 0.643 bits per heavy atom. The van der Waals surface area contributed by atoms with Crippen LogP contribution in [-0.4, -0.2) is 31.6 Å². The smallest absolute Gasteiger partial charge is 0.261 e. The van der Waals surface area contributed by atoms with E-state index in [1.165, 1.54) is 38.1 Å². The van der Waals surface area contributed by atoms with E-state index in [-0.39, 0.29) is 34.6 Å². The normalized spacial score (nSPS) is 14.3. The highest BCUT2D eigenvalue weighted by molar-refractivity contribution is 6.04. The van der Waals surface area contributed by atoms with E-state index in [0.29, 0.717) is 10.8 Å². The molecule has 0 radical (unpaired) electrons. The second kappa shape index (κ2) is 6.22. The molecule has 2 aromatic carbocycles. The van der Waals surface area contributed by atoms with E-state index >= 15 is 0 Å². The van der Waals surface area contributed by atoms with Gasteiger partial charge < -0.3 is 10.2 Å². The molecular formula is C20H18N2O6. The number of rotatable bonds is 4. The molecule has 0 bridgehead atoms. The molecule has 4 rings (SSSR count). The molecule has 2 heterocycles. The lowest BCUT2D eigenvalue weighted by molar-refractivity contribution is 0.171. The number of aliphatic hydroxyl groups excluding tert-OH is 2. The van der Waals surface area contributed by atoms with Crippen molar-refractivity contribution in [2.24, 2.45) is 0 Å². The van der Waals surface area contributed by atoms with Crippen molar-refractivity contribution < 1.29 is 10.2 Å². The van der Waals surface area contributed by atoms with E-state index in [1.807, 2.05) is 0 Å². The van der Waals surface area contributed by atoms with Crippen molar-refractivity contribution in [1.29, 1.82) is 0 Å². The molecule has 8 nitrogen and oxygen atoms in total. The van der Waals surface area contributed by atoms with Crippen LogP contribution in [-0.2, 0) is 13.1 Å². The van der Waals surface area contributed by atoms with Gasteiger partial charge in [-0.25, -0.2) is 0 Å². The first-order valence-corrected chi connectivity index (χ1v) is 8.89. The van der Waals surface area contributed by atoms with Gasteiger partial charge in [-0.2, -0.15) is 0 Å². The first kappa shape index (κ1) is 18.3. The quantitative estimate of drug-likeness (QED) is 0.506. The zero-order valence-corrected chi connectivity index (χ0v) is 15.3. The van der Waals surface area contributed by atoms with Gasteiger partial charge in [-0.05, 0) is 48.9 Å². The summed E-state index contributed by atoms with van der Waals surface area (Å²) in [6.07, 6.45) is -1.70. The molecule has 0 aliphatic carbocycles. The van der Waals surface area contributed by atoms with Crippen LogP contribution in [0.5, 0.6) is 0 Å². The van der Waals surface area contributed by atoms with Gasteiger partial charge in [-0.15, -0.1) is 0 Å². The summed E-state index contributed by atoms with van der Waals surface area (Å²) in [6.45, 7) is 2.76. The summed E-state index contributed by atoms with van der Waals surface area (Å²) >= 11 is 0. The van der Waals surface area contributed by atoms with E-state index < -0.39 is 34.4 Å². The maximum absolute atomic E-state index is 12.5. The third-order valence-electron chi connectivity index (χ3n) is 4.91. The van der Waals surface area contributed by atoms with Crippen molar-refractivity contribution in [3.05, 3.63) is 65.7 Å². The Bertz CT molecular complexity index is 1240. The van der Waals surface area contributed by atoms with Gasteiger partial charge in [0.15, 0.2) is 0 Å². The third kappa shape index (κ3) is 2.61. The van der Waals surface area contributed by atoms with Crippen LogP contribution in [0.3, 0.4) is 0 Å². The summed E-state index contributed by atoms with van der Waals surface area (Å²) in [5.41, 5.74) is -1.99. The molecule has 0 saturated carbocycles. The van der Waals surface area contributed by atoms with Crippen LogP contribution in [0.4, 0.5) is 0 Å². The van der Waals surface area contributed by atoms with E-state index in [2.05, 4.69) is 0 Å². The van der Waals surface area contributed by atoms with Gasteiger partial charge >= 0.3 is 0 Å². The van der Waals surface area contributed by atoms with Crippen LogP contribution in [0.15, 0.2) is 43.4 Å². The van der Waals surface area contributed by atoms with E-state index in [9.17, 15) is 29.4 Å². The molecule has 2 atom stereocenters. The number of benzene rings is 2. The average molecular weight is 382 g/mol. The van der Waals surface area contributed by atoms with Crippen molar-refractivity contribution in [2.75, 3.05) is 0 Å². The van der Waals surface area contributed by atoms with Gasteiger partial charge in [0, 0.05) is 0 Å². The molecule has 0 amide bonds. The fraction of sp³-hybridized carbons (Fsp3) is 0.300. The second-order valence-electron chi connectivity index (χ2n) is 7.28. The molecule has 8 heteroatoms. The summed E-state index contributed by atoms with van der Waals surface area (Å²) in [5.74, 6) is 0. The molecule has 2 aromatic heterocycles. The maximum Gasteiger partial charge on any atom is 0.261 e. The van der Waals surface area contributed by atoms with Crippen LogP contribution in [0.25, 0.3) is 32.3 Å². The lowest BCUT2D eigenvalue weighted by atomic mass is 10.0. The lowest BCUT2D eigenvalue weighted by Crippen LogP contribution is -2.30. The Kier molecular flexibility index (Phi) is 4.06. The van der Waals surface area contributed by atoms with Crippen LogP contribution in [0.1, 0.15) is 13.8 Å². The molecule has 0 saturated heterocycles. The van der Waals surface area contributed by atoms with Gasteiger partial charge in [0.25, 0.3) is 22.2 Å². The van der Waals surface area contributed by atoms with Gasteiger partial charge in [0.05, 0.1) is 46.8 Å². The predicted octanol–water partition coefficient (Wildman–Crippen LogP) is -0.173. The first-order valence-electron chi connectivity index (χ1n) is 8.89.